The largest absolute Gasteiger partial charge is 0.359 e. The van der Waals surface area contributed by atoms with Crippen molar-refractivity contribution in [3.63, 3.8) is 0 Å². The van der Waals surface area contributed by atoms with E-state index in [1.165, 1.54) is 0 Å². The smallest absolute Gasteiger partial charge is 0.221 e. The number of alkyl halides is 1. The van der Waals surface area contributed by atoms with Gasteiger partial charge in [-0.2, -0.15) is 0 Å². The summed E-state index contributed by atoms with van der Waals surface area (Å²) in [5.74, 6) is 1.39. The van der Waals surface area contributed by atoms with Crippen LogP contribution in [0.25, 0.3) is 11.2 Å². The van der Waals surface area contributed by atoms with Crippen LogP contribution < -0.4 is 5.32 Å². The molecule has 1 N–H and O–H groups in total. The number of rotatable bonds is 5. The summed E-state index contributed by atoms with van der Waals surface area (Å²) in [5.41, 5.74) is 2.79. The molecule has 0 unspecified atom stereocenters. The number of imidazole rings is 1. The molecule has 2 rings (SSSR count). The van der Waals surface area contributed by atoms with Gasteiger partial charge < -0.3 is 9.88 Å². The van der Waals surface area contributed by atoms with E-state index >= 15 is 0 Å². The topological polar surface area (TPSA) is 59.8 Å². The van der Waals surface area contributed by atoms with Gasteiger partial charge in [-0.15, -0.1) is 11.6 Å². The van der Waals surface area contributed by atoms with E-state index in [0.29, 0.717) is 25.3 Å². The number of halogens is 1. The van der Waals surface area contributed by atoms with E-state index < -0.39 is 0 Å². The number of aryl methyl sites for hydroxylation is 3. The molecule has 0 atom stereocenters. The zero-order valence-corrected chi connectivity index (χ0v) is 11.9. The van der Waals surface area contributed by atoms with E-state index in [-0.39, 0.29) is 5.91 Å². The first-order chi connectivity index (χ1) is 9.17. The fourth-order valence-corrected chi connectivity index (χ4v) is 2.20. The SMILES string of the molecule is CNC(=O)CCn1c(CCCl)nc2c(C)ccnc21. The average molecular weight is 281 g/mol. The van der Waals surface area contributed by atoms with Crippen LogP contribution in [0, 0.1) is 6.92 Å². The summed E-state index contributed by atoms with van der Waals surface area (Å²) < 4.78 is 1.99. The van der Waals surface area contributed by atoms with Crippen LogP contribution in [0.5, 0.6) is 0 Å². The first-order valence-electron chi connectivity index (χ1n) is 6.24. The van der Waals surface area contributed by atoms with Gasteiger partial charge in [0.05, 0.1) is 0 Å². The van der Waals surface area contributed by atoms with Gasteiger partial charge in [-0.1, -0.05) is 0 Å². The molecule has 2 aromatic rings. The van der Waals surface area contributed by atoms with E-state index in [0.717, 1.165) is 22.6 Å². The molecule has 0 radical (unpaired) electrons. The Morgan fingerprint density at radius 1 is 1.53 bits per heavy atom. The van der Waals surface area contributed by atoms with Gasteiger partial charge in [0, 0.05) is 38.5 Å². The van der Waals surface area contributed by atoms with Crippen molar-refractivity contribution in [1.82, 2.24) is 19.9 Å². The highest BCUT2D eigenvalue weighted by molar-refractivity contribution is 6.17. The number of hydrogen-bond acceptors (Lipinski definition) is 3. The average Bonchev–Trinajstić information content (AvgIpc) is 2.76. The molecule has 0 fully saturated rings. The Hall–Kier alpha value is -1.62. The standard InChI is InChI=1S/C13H17ClN4O/c1-9-4-7-16-13-12(9)17-10(3-6-14)18(13)8-5-11(19)15-2/h4,7H,3,5-6,8H2,1-2H3,(H,15,19). The number of carbonyl (C=O) groups is 1. The molecule has 2 aromatic heterocycles. The zero-order chi connectivity index (χ0) is 13.8. The van der Waals surface area contributed by atoms with Gasteiger partial charge in [0.25, 0.3) is 0 Å². The summed E-state index contributed by atoms with van der Waals surface area (Å²) in [7, 11) is 1.64. The number of carbonyl (C=O) groups excluding carboxylic acids is 1. The lowest BCUT2D eigenvalue weighted by molar-refractivity contribution is -0.120. The lowest BCUT2D eigenvalue weighted by atomic mass is 10.3. The van der Waals surface area contributed by atoms with Crippen molar-refractivity contribution in [2.24, 2.45) is 0 Å². The van der Waals surface area contributed by atoms with Crippen LogP contribution in [0.3, 0.4) is 0 Å². The van der Waals surface area contributed by atoms with Crippen LogP contribution in [0.4, 0.5) is 0 Å². The second-order valence-corrected chi connectivity index (χ2v) is 4.72. The minimum Gasteiger partial charge on any atom is -0.359 e. The molecular weight excluding hydrogens is 264 g/mol. The van der Waals surface area contributed by atoms with Crippen molar-refractivity contribution in [3.8, 4) is 0 Å². The van der Waals surface area contributed by atoms with Crippen molar-refractivity contribution >= 4 is 28.7 Å². The molecule has 102 valence electrons. The maximum absolute atomic E-state index is 11.4. The van der Waals surface area contributed by atoms with Crippen LogP contribution in [-0.2, 0) is 17.8 Å². The Balaban J connectivity index is 2.40. The summed E-state index contributed by atoms with van der Waals surface area (Å²) in [6.07, 6.45) is 2.85. The molecule has 6 heteroatoms. The van der Waals surface area contributed by atoms with E-state index in [1.807, 2.05) is 17.6 Å². The van der Waals surface area contributed by atoms with Crippen LogP contribution in [0.15, 0.2) is 12.3 Å². The number of fused-ring (bicyclic) bond motifs is 1. The van der Waals surface area contributed by atoms with Gasteiger partial charge in [-0.05, 0) is 18.6 Å². The van der Waals surface area contributed by atoms with Crippen molar-refractivity contribution in [3.05, 3.63) is 23.7 Å². The number of nitrogens with zero attached hydrogens (tertiary/aromatic N) is 3. The van der Waals surface area contributed by atoms with Crippen molar-refractivity contribution < 1.29 is 4.79 Å². The molecule has 0 bridgehead atoms. The number of pyridine rings is 1. The lowest BCUT2D eigenvalue weighted by Crippen LogP contribution is -2.20. The third-order valence-corrected chi connectivity index (χ3v) is 3.26. The monoisotopic (exact) mass is 280 g/mol. The Labute approximate surface area is 117 Å². The zero-order valence-electron chi connectivity index (χ0n) is 11.1. The molecule has 19 heavy (non-hydrogen) atoms. The minimum atomic E-state index is 0.00586. The molecular formula is C13H17ClN4O. The van der Waals surface area contributed by atoms with Crippen LogP contribution in [-0.4, -0.2) is 33.4 Å². The second-order valence-electron chi connectivity index (χ2n) is 4.34. The highest BCUT2D eigenvalue weighted by atomic mass is 35.5. The predicted molar refractivity (Wildman–Crippen MR) is 75.4 cm³/mol. The van der Waals surface area contributed by atoms with Crippen molar-refractivity contribution in [1.29, 1.82) is 0 Å². The summed E-state index contributed by atoms with van der Waals surface area (Å²) in [6.45, 7) is 2.57. The van der Waals surface area contributed by atoms with Crippen molar-refractivity contribution in [2.75, 3.05) is 12.9 Å². The number of aromatic nitrogens is 3. The Kier molecular flexibility index (Phi) is 4.37. The van der Waals surface area contributed by atoms with Gasteiger partial charge >= 0.3 is 0 Å². The molecule has 0 aliphatic carbocycles. The quantitative estimate of drug-likeness (QED) is 0.848. The van der Waals surface area contributed by atoms with Gasteiger partial charge in [0.15, 0.2) is 5.65 Å². The van der Waals surface area contributed by atoms with Crippen LogP contribution in [0.2, 0.25) is 0 Å². The Bertz CT molecular complexity index is 594. The molecule has 2 heterocycles. The lowest BCUT2D eigenvalue weighted by Gasteiger charge is -2.07. The third-order valence-electron chi connectivity index (χ3n) is 3.07. The second kappa shape index (κ2) is 6.02. The van der Waals surface area contributed by atoms with Crippen molar-refractivity contribution in [2.45, 2.75) is 26.3 Å². The fourth-order valence-electron chi connectivity index (χ4n) is 2.03. The summed E-state index contributed by atoms with van der Waals surface area (Å²) in [6, 6.07) is 1.93. The normalized spacial score (nSPS) is 10.9. The maximum Gasteiger partial charge on any atom is 0.221 e. The van der Waals surface area contributed by atoms with Gasteiger partial charge in [-0.25, -0.2) is 9.97 Å². The predicted octanol–water partition coefficient (Wildman–Crippen LogP) is 1.66. The minimum absolute atomic E-state index is 0.00586. The van der Waals surface area contributed by atoms with E-state index in [9.17, 15) is 4.79 Å². The highest BCUT2D eigenvalue weighted by Crippen LogP contribution is 2.18. The van der Waals surface area contributed by atoms with Crippen LogP contribution >= 0.6 is 11.6 Å². The first-order valence-corrected chi connectivity index (χ1v) is 6.78. The van der Waals surface area contributed by atoms with Gasteiger partial charge in [-0.3, -0.25) is 4.79 Å². The Morgan fingerprint density at radius 3 is 3.00 bits per heavy atom. The molecule has 0 aromatic carbocycles. The van der Waals surface area contributed by atoms with Gasteiger partial charge in [0.2, 0.25) is 5.91 Å². The molecule has 5 nitrogen and oxygen atoms in total. The molecule has 0 aliphatic rings. The first kappa shape index (κ1) is 13.8. The molecule has 0 spiro atoms. The summed E-state index contributed by atoms with van der Waals surface area (Å²) >= 11 is 5.81. The summed E-state index contributed by atoms with van der Waals surface area (Å²) in [5, 5.41) is 2.62. The van der Waals surface area contributed by atoms with E-state index in [4.69, 9.17) is 11.6 Å². The number of amides is 1. The fraction of sp³-hybridized carbons (Fsp3) is 0.462. The molecule has 0 saturated carbocycles. The maximum atomic E-state index is 11.4. The van der Waals surface area contributed by atoms with Crippen LogP contribution in [0.1, 0.15) is 17.8 Å². The number of nitrogens with one attached hydrogen (secondary N) is 1. The molecule has 0 saturated heterocycles. The third kappa shape index (κ3) is 2.87. The van der Waals surface area contributed by atoms with Gasteiger partial charge in [0.1, 0.15) is 11.3 Å². The highest BCUT2D eigenvalue weighted by Gasteiger charge is 2.13. The molecule has 0 aliphatic heterocycles. The number of hydrogen-bond donors (Lipinski definition) is 1. The molecule has 1 amide bonds. The van der Waals surface area contributed by atoms with E-state index in [2.05, 4.69) is 15.3 Å². The summed E-state index contributed by atoms with van der Waals surface area (Å²) in [4.78, 5) is 20.4. The van der Waals surface area contributed by atoms with E-state index in [1.54, 1.807) is 13.2 Å². The Morgan fingerprint density at radius 2 is 2.32 bits per heavy atom.